The highest BCUT2D eigenvalue weighted by Crippen LogP contribution is 2.28. The monoisotopic (exact) mass is 282 g/mol. The van der Waals surface area contributed by atoms with E-state index in [4.69, 9.17) is 0 Å². The fraction of sp³-hybridized carbons (Fsp3) is 0.938. The van der Waals surface area contributed by atoms with Crippen molar-refractivity contribution in [3.8, 4) is 0 Å². The summed E-state index contributed by atoms with van der Waals surface area (Å²) in [6.07, 6.45) is 8.98. The van der Waals surface area contributed by atoms with Gasteiger partial charge in [0, 0.05) is 13.1 Å². The maximum atomic E-state index is 11.8. The van der Waals surface area contributed by atoms with Crippen molar-refractivity contribution in [2.75, 3.05) is 13.1 Å². The molecule has 0 radical (unpaired) electrons. The highest BCUT2D eigenvalue weighted by molar-refractivity contribution is 5.73. The van der Waals surface area contributed by atoms with Crippen LogP contribution in [0.3, 0.4) is 0 Å². The van der Waals surface area contributed by atoms with Crippen LogP contribution in [-0.2, 0) is 0 Å². The summed E-state index contributed by atoms with van der Waals surface area (Å²) in [6, 6.07) is -0.0390. The fourth-order valence-electron chi connectivity index (χ4n) is 3.67. The first-order chi connectivity index (χ1) is 9.65. The van der Waals surface area contributed by atoms with Gasteiger partial charge in [0.15, 0.2) is 0 Å². The summed E-state index contributed by atoms with van der Waals surface area (Å²) in [5.74, 6) is 1.82. The summed E-state index contributed by atoms with van der Waals surface area (Å²) < 4.78 is 0. The normalized spacial score (nSPS) is 34.5. The van der Waals surface area contributed by atoms with Gasteiger partial charge in [-0.2, -0.15) is 0 Å². The molecule has 4 heteroatoms. The molecule has 2 saturated carbocycles. The molecule has 0 bridgehead atoms. The SMILES string of the molecule is CC1CCCCC1CNC(=O)NCC1CCCC(O)C1. The fourth-order valence-corrected chi connectivity index (χ4v) is 3.67. The number of carbonyl (C=O) groups excluding carboxylic acids is 1. The van der Waals surface area contributed by atoms with E-state index in [2.05, 4.69) is 17.6 Å². The third kappa shape index (κ3) is 4.97. The van der Waals surface area contributed by atoms with E-state index in [9.17, 15) is 9.90 Å². The Morgan fingerprint density at radius 1 is 1.05 bits per heavy atom. The minimum atomic E-state index is -0.165. The van der Waals surface area contributed by atoms with Crippen LogP contribution in [-0.4, -0.2) is 30.3 Å². The van der Waals surface area contributed by atoms with Gasteiger partial charge in [-0.15, -0.1) is 0 Å². The summed E-state index contributed by atoms with van der Waals surface area (Å²) in [7, 11) is 0. The lowest BCUT2D eigenvalue weighted by Crippen LogP contribution is -2.42. The lowest BCUT2D eigenvalue weighted by molar-refractivity contribution is 0.101. The van der Waals surface area contributed by atoms with Crippen molar-refractivity contribution in [1.82, 2.24) is 10.6 Å². The van der Waals surface area contributed by atoms with E-state index in [0.29, 0.717) is 18.4 Å². The Morgan fingerprint density at radius 2 is 1.80 bits per heavy atom. The highest BCUT2D eigenvalue weighted by atomic mass is 16.3. The van der Waals surface area contributed by atoms with E-state index >= 15 is 0 Å². The third-order valence-electron chi connectivity index (χ3n) is 5.12. The molecule has 0 aromatic carbocycles. The van der Waals surface area contributed by atoms with Crippen molar-refractivity contribution >= 4 is 6.03 Å². The Kier molecular flexibility index (Phi) is 6.14. The van der Waals surface area contributed by atoms with Crippen LogP contribution >= 0.6 is 0 Å². The smallest absolute Gasteiger partial charge is 0.314 e. The molecule has 116 valence electrons. The molecular weight excluding hydrogens is 252 g/mol. The van der Waals surface area contributed by atoms with E-state index in [1.165, 1.54) is 25.7 Å². The third-order valence-corrected chi connectivity index (χ3v) is 5.12. The van der Waals surface area contributed by atoms with Gasteiger partial charge in [0.2, 0.25) is 0 Å². The van der Waals surface area contributed by atoms with Gasteiger partial charge in [-0.3, -0.25) is 0 Å². The number of hydrogen-bond acceptors (Lipinski definition) is 2. The zero-order chi connectivity index (χ0) is 14.4. The molecule has 4 nitrogen and oxygen atoms in total. The number of urea groups is 1. The van der Waals surface area contributed by atoms with Gasteiger partial charge in [0.1, 0.15) is 0 Å². The number of rotatable bonds is 4. The predicted molar refractivity (Wildman–Crippen MR) is 80.5 cm³/mol. The number of carbonyl (C=O) groups is 1. The lowest BCUT2D eigenvalue weighted by Gasteiger charge is -2.29. The largest absolute Gasteiger partial charge is 0.393 e. The Morgan fingerprint density at radius 3 is 2.55 bits per heavy atom. The van der Waals surface area contributed by atoms with Crippen LogP contribution in [0.25, 0.3) is 0 Å². The van der Waals surface area contributed by atoms with Crippen molar-refractivity contribution in [2.45, 2.75) is 64.4 Å². The van der Waals surface area contributed by atoms with Crippen molar-refractivity contribution in [3.63, 3.8) is 0 Å². The molecular formula is C16H30N2O2. The highest BCUT2D eigenvalue weighted by Gasteiger charge is 2.22. The second kappa shape index (κ2) is 7.87. The molecule has 0 spiro atoms. The van der Waals surface area contributed by atoms with Crippen LogP contribution in [0.1, 0.15) is 58.3 Å². The molecule has 2 rings (SSSR count). The molecule has 0 aliphatic heterocycles. The van der Waals surface area contributed by atoms with Crippen LogP contribution in [0, 0.1) is 17.8 Å². The van der Waals surface area contributed by atoms with Crippen molar-refractivity contribution in [3.05, 3.63) is 0 Å². The molecule has 3 N–H and O–H groups in total. The van der Waals surface area contributed by atoms with Gasteiger partial charge in [0.05, 0.1) is 6.10 Å². The van der Waals surface area contributed by atoms with Crippen molar-refractivity contribution in [1.29, 1.82) is 0 Å². The number of aliphatic hydroxyl groups excluding tert-OH is 1. The molecule has 0 aromatic rings. The maximum absolute atomic E-state index is 11.8. The molecule has 2 amide bonds. The van der Waals surface area contributed by atoms with Gasteiger partial charge < -0.3 is 15.7 Å². The first-order valence-corrected chi connectivity index (χ1v) is 8.35. The van der Waals surface area contributed by atoms with Gasteiger partial charge in [0.25, 0.3) is 0 Å². The molecule has 20 heavy (non-hydrogen) atoms. The molecule has 4 unspecified atom stereocenters. The van der Waals surface area contributed by atoms with Crippen LogP contribution < -0.4 is 10.6 Å². The van der Waals surface area contributed by atoms with Crippen LogP contribution in [0.5, 0.6) is 0 Å². The lowest BCUT2D eigenvalue weighted by atomic mass is 9.80. The average Bonchev–Trinajstić information content (AvgIpc) is 2.44. The topological polar surface area (TPSA) is 61.4 Å². The van der Waals surface area contributed by atoms with Gasteiger partial charge in [-0.25, -0.2) is 4.79 Å². The summed E-state index contributed by atoms with van der Waals surface area (Å²) >= 11 is 0. The first-order valence-electron chi connectivity index (χ1n) is 8.35. The Bertz CT molecular complexity index is 309. The molecule has 2 aliphatic carbocycles. The van der Waals surface area contributed by atoms with Crippen LogP contribution in [0.15, 0.2) is 0 Å². The number of nitrogens with one attached hydrogen (secondary N) is 2. The maximum Gasteiger partial charge on any atom is 0.314 e. The van der Waals surface area contributed by atoms with Crippen LogP contribution in [0.2, 0.25) is 0 Å². The van der Waals surface area contributed by atoms with E-state index in [-0.39, 0.29) is 12.1 Å². The van der Waals surface area contributed by atoms with E-state index < -0.39 is 0 Å². The molecule has 0 aromatic heterocycles. The second-order valence-corrected chi connectivity index (χ2v) is 6.80. The minimum Gasteiger partial charge on any atom is -0.393 e. The Hall–Kier alpha value is -0.770. The second-order valence-electron chi connectivity index (χ2n) is 6.80. The van der Waals surface area contributed by atoms with Crippen molar-refractivity contribution < 1.29 is 9.90 Å². The molecule has 4 atom stereocenters. The van der Waals surface area contributed by atoms with Crippen LogP contribution in [0.4, 0.5) is 4.79 Å². The average molecular weight is 282 g/mol. The Labute approximate surface area is 122 Å². The summed E-state index contributed by atoms with van der Waals surface area (Å²) in [4.78, 5) is 11.8. The number of amides is 2. The van der Waals surface area contributed by atoms with Gasteiger partial charge in [-0.1, -0.05) is 32.6 Å². The zero-order valence-electron chi connectivity index (χ0n) is 12.7. The summed E-state index contributed by atoms with van der Waals surface area (Å²) in [6.45, 7) is 3.80. The van der Waals surface area contributed by atoms with E-state index in [1.807, 2.05) is 0 Å². The first kappa shape index (κ1) is 15.6. The quantitative estimate of drug-likeness (QED) is 0.742. The minimum absolute atomic E-state index is 0.0390. The van der Waals surface area contributed by atoms with Gasteiger partial charge >= 0.3 is 6.03 Å². The molecule has 0 saturated heterocycles. The number of aliphatic hydroxyl groups is 1. The van der Waals surface area contributed by atoms with E-state index in [0.717, 1.165) is 38.1 Å². The zero-order valence-corrected chi connectivity index (χ0v) is 12.7. The Balaban J connectivity index is 1.60. The number of hydrogen-bond donors (Lipinski definition) is 3. The molecule has 2 fully saturated rings. The molecule has 2 aliphatic rings. The predicted octanol–water partition coefficient (Wildman–Crippen LogP) is 2.66. The van der Waals surface area contributed by atoms with E-state index in [1.54, 1.807) is 0 Å². The summed E-state index contributed by atoms with van der Waals surface area (Å²) in [5, 5.41) is 15.6. The van der Waals surface area contributed by atoms with Crippen molar-refractivity contribution in [2.24, 2.45) is 17.8 Å². The summed E-state index contributed by atoms with van der Waals surface area (Å²) in [5.41, 5.74) is 0. The standard InChI is InChI=1S/C16H30N2O2/c1-12-5-2-3-7-14(12)11-18-16(20)17-10-13-6-4-8-15(19)9-13/h12-15,19H,2-11H2,1H3,(H2,17,18,20). The van der Waals surface area contributed by atoms with Gasteiger partial charge in [-0.05, 0) is 43.4 Å². The molecule has 0 heterocycles.